The molecular formula is C22H24N6O3. The van der Waals surface area contributed by atoms with E-state index in [4.69, 9.17) is 0 Å². The highest BCUT2D eigenvalue weighted by molar-refractivity contribution is 6.00. The van der Waals surface area contributed by atoms with Crippen molar-refractivity contribution in [1.29, 1.82) is 0 Å². The number of rotatable bonds is 7. The molecule has 3 heterocycles. The summed E-state index contributed by atoms with van der Waals surface area (Å²) in [4.78, 5) is 52.9. The van der Waals surface area contributed by atoms with Gasteiger partial charge >= 0.3 is 0 Å². The lowest BCUT2D eigenvalue weighted by molar-refractivity contribution is -0.129. The van der Waals surface area contributed by atoms with Crippen LogP contribution < -0.4 is 5.32 Å². The molecular weight excluding hydrogens is 396 g/mol. The van der Waals surface area contributed by atoms with Gasteiger partial charge in [-0.2, -0.15) is 0 Å². The molecule has 2 aliphatic rings. The van der Waals surface area contributed by atoms with Gasteiger partial charge in [0, 0.05) is 54.9 Å². The van der Waals surface area contributed by atoms with Gasteiger partial charge in [-0.05, 0) is 37.8 Å². The molecule has 2 amide bonds. The highest BCUT2D eigenvalue weighted by Gasteiger charge is 2.35. The van der Waals surface area contributed by atoms with Gasteiger partial charge in [-0.15, -0.1) is 0 Å². The van der Waals surface area contributed by atoms with Crippen LogP contribution in [0.1, 0.15) is 25.7 Å². The van der Waals surface area contributed by atoms with Crippen LogP contribution in [-0.4, -0.2) is 69.0 Å². The summed E-state index contributed by atoms with van der Waals surface area (Å²) in [6.45, 7) is 0.525. The highest BCUT2D eigenvalue weighted by atomic mass is 16.2. The number of nitrogens with zero attached hydrogens (tertiary/aromatic N) is 5. The van der Waals surface area contributed by atoms with Crippen molar-refractivity contribution in [2.45, 2.75) is 31.7 Å². The normalized spacial score (nSPS) is 16.1. The summed E-state index contributed by atoms with van der Waals surface area (Å²) in [6, 6.07) is 3.76. The molecule has 9 nitrogen and oxygen atoms in total. The Bertz CT molecular complexity index is 1000. The van der Waals surface area contributed by atoms with E-state index in [2.05, 4.69) is 20.3 Å². The first kappa shape index (κ1) is 20.6. The summed E-state index contributed by atoms with van der Waals surface area (Å²) < 4.78 is 0. The molecule has 0 unspecified atom stereocenters. The van der Waals surface area contributed by atoms with E-state index in [0.29, 0.717) is 30.1 Å². The molecule has 0 radical (unpaired) electrons. The van der Waals surface area contributed by atoms with Crippen LogP contribution in [0.3, 0.4) is 0 Å². The Morgan fingerprint density at radius 1 is 1.19 bits per heavy atom. The fourth-order valence-electron chi connectivity index (χ4n) is 3.68. The van der Waals surface area contributed by atoms with Crippen LogP contribution in [0.4, 0.5) is 5.82 Å². The number of amides is 2. The molecule has 1 fully saturated rings. The van der Waals surface area contributed by atoms with Gasteiger partial charge in [0.25, 0.3) is 5.91 Å². The molecule has 4 rings (SSSR count). The maximum absolute atomic E-state index is 13.0. The Hall–Kier alpha value is -3.62. The summed E-state index contributed by atoms with van der Waals surface area (Å²) in [5.74, 6) is -0.0790. The van der Waals surface area contributed by atoms with E-state index in [1.165, 1.54) is 6.33 Å². The van der Waals surface area contributed by atoms with Crippen LogP contribution in [0, 0.1) is 0 Å². The zero-order valence-corrected chi connectivity index (χ0v) is 17.3. The van der Waals surface area contributed by atoms with Crippen molar-refractivity contribution in [3.63, 3.8) is 0 Å². The van der Waals surface area contributed by atoms with Gasteiger partial charge < -0.3 is 15.1 Å². The maximum Gasteiger partial charge on any atom is 0.270 e. The van der Waals surface area contributed by atoms with Crippen molar-refractivity contribution in [2.24, 2.45) is 0 Å². The monoisotopic (exact) mass is 420 g/mol. The standard InChI is InChI=1S/C22H24N6O3/c1-27(18-5-6-18)22(31)21-16(13-29)3-2-8-28(21)12-20(30)26-19-7-4-15(11-25-19)17-9-23-14-24-10-17/h4,7,9-11,13-14,18H,2-3,5-6,8,12H2,1H3,(H,25,26,30). The Morgan fingerprint density at radius 2 is 1.97 bits per heavy atom. The minimum atomic E-state index is -0.296. The predicted molar refractivity (Wildman–Crippen MR) is 114 cm³/mol. The number of pyridine rings is 1. The number of hydrogen-bond acceptors (Lipinski definition) is 7. The number of aromatic nitrogens is 3. The number of allylic oxidation sites excluding steroid dienone is 1. The first-order valence-electron chi connectivity index (χ1n) is 10.3. The second kappa shape index (κ2) is 9.03. The van der Waals surface area contributed by atoms with Gasteiger partial charge in [0.2, 0.25) is 5.91 Å². The van der Waals surface area contributed by atoms with Gasteiger partial charge in [0.05, 0.1) is 6.54 Å². The van der Waals surface area contributed by atoms with Crippen LogP contribution >= 0.6 is 0 Å². The molecule has 1 aliphatic heterocycles. The van der Waals surface area contributed by atoms with Gasteiger partial charge in [-0.1, -0.05) is 0 Å². The molecule has 0 saturated heterocycles. The van der Waals surface area contributed by atoms with Gasteiger partial charge in [-0.3, -0.25) is 14.4 Å². The van der Waals surface area contributed by atoms with E-state index in [1.54, 1.807) is 41.5 Å². The molecule has 0 bridgehead atoms. The Kier molecular flexibility index (Phi) is 6.01. The molecule has 0 aromatic carbocycles. The second-order valence-electron chi connectivity index (χ2n) is 7.77. The Labute approximate surface area is 180 Å². The lowest BCUT2D eigenvalue weighted by atomic mass is 10.0. The largest absolute Gasteiger partial charge is 0.357 e. The molecule has 9 heteroatoms. The molecule has 2 aromatic heterocycles. The summed E-state index contributed by atoms with van der Waals surface area (Å²) in [6.07, 6.45) is 10.4. The SMILES string of the molecule is CN(C(=O)C1=C(C=O)CCCN1CC(=O)Nc1ccc(-c2cncnc2)cn1)C1CC1. The fraction of sp³-hybridized carbons (Fsp3) is 0.364. The minimum Gasteiger partial charge on any atom is -0.357 e. The second-order valence-corrected chi connectivity index (χ2v) is 7.77. The summed E-state index contributed by atoms with van der Waals surface area (Å²) in [5.41, 5.74) is 2.47. The Morgan fingerprint density at radius 3 is 2.61 bits per heavy atom. The number of carbonyl (C=O) groups is 3. The van der Waals surface area contributed by atoms with Crippen molar-refractivity contribution < 1.29 is 14.4 Å². The first-order chi connectivity index (χ1) is 15.1. The molecule has 0 spiro atoms. The van der Waals surface area contributed by atoms with E-state index in [9.17, 15) is 14.4 Å². The van der Waals surface area contributed by atoms with E-state index in [0.717, 1.165) is 36.7 Å². The molecule has 1 saturated carbocycles. The van der Waals surface area contributed by atoms with E-state index >= 15 is 0 Å². The zero-order valence-electron chi connectivity index (χ0n) is 17.3. The number of carbonyl (C=O) groups excluding carboxylic acids is 3. The third-order valence-corrected chi connectivity index (χ3v) is 5.51. The van der Waals surface area contributed by atoms with Crippen molar-refractivity contribution in [3.8, 4) is 11.1 Å². The first-order valence-corrected chi connectivity index (χ1v) is 10.3. The quantitative estimate of drug-likeness (QED) is 0.679. The van der Waals surface area contributed by atoms with Crippen molar-refractivity contribution in [3.05, 3.63) is 48.3 Å². The van der Waals surface area contributed by atoms with Crippen LogP contribution in [0.25, 0.3) is 11.1 Å². The fourth-order valence-corrected chi connectivity index (χ4v) is 3.68. The minimum absolute atomic E-state index is 0.0210. The average molecular weight is 420 g/mol. The van der Waals surface area contributed by atoms with Crippen molar-refractivity contribution >= 4 is 23.9 Å². The van der Waals surface area contributed by atoms with Crippen molar-refractivity contribution in [2.75, 3.05) is 25.5 Å². The molecule has 1 N–H and O–H groups in total. The number of anilines is 1. The number of nitrogens with one attached hydrogen (secondary N) is 1. The lowest BCUT2D eigenvalue weighted by Gasteiger charge is -2.33. The third-order valence-electron chi connectivity index (χ3n) is 5.51. The van der Waals surface area contributed by atoms with Crippen LogP contribution in [0.15, 0.2) is 48.3 Å². The number of hydrogen-bond donors (Lipinski definition) is 1. The van der Waals surface area contributed by atoms with Crippen LogP contribution in [0.5, 0.6) is 0 Å². The van der Waals surface area contributed by atoms with E-state index in [-0.39, 0.29) is 24.4 Å². The summed E-state index contributed by atoms with van der Waals surface area (Å²) >= 11 is 0. The topological polar surface area (TPSA) is 108 Å². The smallest absolute Gasteiger partial charge is 0.270 e. The lowest BCUT2D eigenvalue weighted by Crippen LogP contribution is -2.43. The molecule has 1 aliphatic carbocycles. The third kappa shape index (κ3) is 4.76. The molecule has 31 heavy (non-hydrogen) atoms. The predicted octanol–water partition coefficient (Wildman–Crippen LogP) is 1.65. The summed E-state index contributed by atoms with van der Waals surface area (Å²) in [5, 5.41) is 2.77. The summed E-state index contributed by atoms with van der Waals surface area (Å²) in [7, 11) is 1.76. The van der Waals surface area contributed by atoms with E-state index in [1.807, 2.05) is 6.07 Å². The van der Waals surface area contributed by atoms with Gasteiger partial charge in [-0.25, -0.2) is 15.0 Å². The van der Waals surface area contributed by atoms with E-state index < -0.39 is 0 Å². The van der Waals surface area contributed by atoms with Crippen LogP contribution in [-0.2, 0) is 14.4 Å². The number of aldehydes is 1. The molecule has 0 atom stereocenters. The average Bonchev–Trinajstić information content (AvgIpc) is 3.64. The van der Waals surface area contributed by atoms with Gasteiger partial charge in [0.1, 0.15) is 24.1 Å². The molecule has 160 valence electrons. The highest BCUT2D eigenvalue weighted by Crippen LogP contribution is 2.29. The maximum atomic E-state index is 13.0. The zero-order chi connectivity index (χ0) is 21.8. The van der Waals surface area contributed by atoms with Crippen LogP contribution in [0.2, 0.25) is 0 Å². The number of likely N-dealkylation sites (N-methyl/N-ethyl adjacent to an activating group) is 1. The van der Waals surface area contributed by atoms with Crippen molar-refractivity contribution in [1.82, 2.24) is 24.8 Å². The molecule has 2 aromatic rings. The van der Waals surface area contributed by atoms with Gasteiger partial charge in [0.15, 0.2) is 0 Å². The Balaban J connectivity index is 1.44.